The maximum Gasteiger partial charge on any atom is 0.0635 e. The quantitative estimate of drug-likeness (QED) is 0.848. The second-order valence-corrected chi connectivity index (χ2v) is 6.31. The maximum absolute atomic E-state index is 8.70. The van der Waals surface area contributed by atoms with Gasteiger partial charge in [-0.05, 0) is 28.3 Å². The van der Waals surface area contributed by atoms with E-state index in [-0.39, 0.29) is 0 Å². The molecule has 3 nitrogen and oxygen atoms in total. The van der Waals surface area contributed by atoms with E-state index in [0.717, 1.165) is 45.7 Å². The van der Waals surface area contributed by atoms with Crippen LogP contribution in [0.15, 0.2) is 36.4 Å². The highest BCUT2D eigenvalue weighted by molar-refractivity contribution is 5.88. The number of hydrogen-bond donors (Lipinski definition) is 0. The zero-order chi connectivity index (χ0) is 16.1. The summed E-state index contributed by atoms with van der Waals surface area (Å²) < 4.78 is 0. The Hall–Kier alpha value is -1.89. The Morgan fingerprint density at radius 2 is 1.52 bits per heavy atom. The molecule has 3 rings (SSSR count). The van der Waals surface area contributed by atoms with E-state index in [9.17, 15) is 0 Å². The van der Waals surface area contributed by atoms with Gasteiger partial charge in [-0.15, -0.1) is 0 Å². The second-order valence-electron chi connectivity index (χ2n) is 6.31. The fourth-order valence-corrected chi connectivity index (χ4v) is 3.49. The van der Waals surface area contributed by atoms with Gasteiger partial charge in [-0.2, -0.15) is 5.26 Å². The van der Waals surface area contributed by atoms with Gasteiger partial charge in [0.05, 0.1) is 6.07 Å². The van der Waals surface area contributed by atoms with Crippen molar-refractivity contribution in [3.8, 4) is 6.07 Å². The van der Waals surface area contributed by atoms with Gasteiger partial charge >= 0.3 is 0 Å². The second kappa shape index (κ2) is 7.59. The summed E-state index contributed by atoms with van der Waals surface area (Å²) in [6, 6.07) is 15.6. The Morgan fingerprint density at radius 3 is 2.17 bits per heavy atom. The third-order valence-corrected chi connectivity index (χ3v) is 4.88. The first-order chi connectivity index (χ1) is 11.3. The molecule has 1 aliphatic rings. The zero-order valence-electron chi connectivity index (χ0n) is 14.0. The van der Waals surface area contributed by atoms with Crippen LogP contribution >= 0.6 is 0 Å². The van der Waals surface area contributed by atoms with Crippen molar-refractivity contribution in [1.29, 1.82) is 5.26 Å². The van der Waals surface area contributed by atoms with E-state index in [1.54, 1.807) is 0 Å². The number of aryl methyl sites for hydroxylation is 1. The number of piperazine rings is 1. The molecule has 0 bridgehead atoms. The van der Waals surface area contributed by atoms with Crippen LogP contribution in [0, 0.1) is 11.3 Å². The lowest BCUT2D eigenvalue weighted by molar-refractivity contribution is 0.129. The molecule has 0 aromatic heterocycles. The Balaban J connectivity index is 1.70. The number of benzene rings is 2. The predicted molar refractivity (Wildman–Crippen MR) is 95.3 cm³/mol. The van der Waals surface area contributed by atoms with Crippen molar-refractivity contribution >= 4 is 10.8 Å². The highest BCUT2D eigenvalue weighted by Crippen LogP contribution is 2.24. The van der Waals surface area contributed by atoms with Crippen LogP contribution in [0.1, 0.15) is 24.5 Å². The summed E-state index contributed by atoms with van der Waals surface area (Å²) in [5.41, 5.74) is 2.87. The highest BCUT2D eigenvalue weighted by atomic mass is 15.3. The van der Waals surface area contributed by atoms with Crippen molar-refractivity contribution < 1.29 is 0 Å². The lowest BCUT2D eigenvalue weighted by Gasteiger charge is -2.34. The van der Waals surface area contributed by atoms with Crippen LogP contribution < -0.4 is 0 Å². The Labute approximate surface area is 139 Å². The minimum Gasteiger partial charge on any atom is -0.300 e. The van der Waals surface area contributed by atoms with Gasteiger partial charge in [-0.1, -0.05) is 43.3 Å². The minimum atomic E-state index is 0.642. The summed E-state index contributed by atoms with van der Waals surface area (Å²) in [4.78, 5) is 4.94. The monoisotopic (exact) mass is 307 g/mol. The first-order valence-corrected chi connectivity index (χ1v) is 8.63. The summed E-state index contributed by atoms with van der Waals surface area (Å²) >= 11 is 0. The molecule has 120 valence electrons. The van der Waals surface area contributed by atoms with Crippen molar-refractivity contribution in [2.45, 2.75) is 26.3 Å². The molecule has 0 atom stereocenters. The van der Waals surface area contributed by atoms with Crippen molar-refractivity contribution in [1.82, 2.24) is 9.80 Å². The Bertz CT molecular complexity index is 694. The molecular formula is C20H25N3. The predicted octanol–water partition coefficient (Wildman–Crippen LogP) is 3.43. The third kappa shape index (κ3) is 3.72. The molecule has 0 amide bonds. The summed E-state index contributed by atoms with van der Waals surface area (Å²) in [7, 11) is 0. The zero-order valence-corrected chi connectivity index (χ0v) is 14.0. The molecule has 23 heavy (non-hydrogen) atoms. The van der Waals surface area contributed by atoms with Gasteiger partial charge in [0.25, 0.3) is 0 Å². The van der Waals surface area contributed by atoms with Gasteiger partial charge in [-0.3, -0.25) is 9.80 Å². The van der Waals surface area contributed by atoms with Gasteiger partial charge in [0.15, 0.2) is 0 Å². The number of nitrogens with zero attached hydrogens (tertiary/aromatic N) is 3. The first-order valence-electron chi connectivity index (χ1n) is 8.63. The Morgan fingerprint density at radius 1 is 0.913 bits per heavy atom. The summed E-state index contributed by atoms with van der Waals surface area (Å²) in [6.45, 7) is 8.50. The van der Waals surface area contributed by atoms with Crippen LogP contribution in [0.2, 0.25) is 0 Å². The average Bonchev–Trinajstić information content (AvgIpc) is 2.61. The van der Waals surface area contributed by atoms with E-state index in [1.807, 2.05) is 0 Å². The van der Waals surface area contributed by atoms with Gasteiger partial charge in [-0.25, -0.2) is 0 Å². The van der Waals surface area contributed by atoms with Crippen LogP contribution in [0.4, 0.5) is 0 Å². The molecule has 0 N–H and O–H groups in total. The van der Waals surface area contributed by atoms with Crippen molar-refractivity contribution in [2.24, 2.45) is 0 Å². The number of rotatable bonds is 5. The summed E-state index contributed by atoms with van der Waals surface area (Å²) in [5.74, 6) is 0. The van der Waals surface area contributed by atoms with Crippen LogP contribution in [-0.2, 0) is 13.0 Å². The van der Waals surface area contributed by atoms with Crippen LogP contribution in [0.25, 0.3) is 10.8 Å². The molecule has 1 aliphatic heterocycles. The van der Waals surface area contributed by atoms with Crippen LogP contribution in [-0.4, -0.2) is 42.5 Å². The van der Waals surface area contributed by atoms with E-state index in [0.29, 0.717) is 6.42 Å². The molecule has 3 heteroatoms. The first kappa shape index (κ1) is 16.0. The molecule has 1 saturated heterocycles. The third-order valence-electron chi connectivity index (χ3n) is 4.88. The lowest BCUT2D eigenvalue weighted by atomic mass is 9.98. The number of fused-ring (bicyclic) bond motifs is 1. The molecular weight excluding hydrogens is 282 g/mol. The van der Waals surface area contributed by atoms with E-state index in [4.69, 9.17) is 5.26 Å². The molecule has 2 aromatic carbocycles. The maximum atomic E-state index is 8.70. The van der Waals surface area contributed by atoms with E-state index in [2.05, 4.69) is 59.2 Å². The molecule has 0 unspecified atom stereocenters. The molecule has 0 spiro atoms. The van der Waals surface area contributed by atoms with Gasteiger partial charge < -0.3 is 0 Å². The lowest BCUT2D eigenvalue weighted by Crippen LogP contribution is -2.46. The summed E-state index contributed by atoms with van der Waals surface area (Å²) in [5, 5.41) is 11.5. The molecule has 1 fully saturated rings. The SMILES string of the molecule is CCc1ccc(CN2CCN(CCC#N)CC2)c2ccccc12. The minimum absolute atomic E-state index is 0.642. The standard InChI is InChI=1S/C20H25N3/c1-2-17-8-9-18(20-7-4-3-6-19(17)20)16-23-14-12-22(13-15-23)11-5-10-21/h3-4,6-9H,2,5,11-16H2,1H3. The van der Waals surface area contributed by atoms with E-state index in [1.165, 1.54) is 21.9 Å². The van der Waals surface area contributed by atoms with Crippen LogP contribution in [0.5, 0.6) is 0 Å². The van der Waals surface area contributed by atoms with E-state index < -0.39 is 0 Å². The molecule has 2 aromatic rings. The Kier molecular flexibility index (Phi) is 5.27. The fraction of sp³-hybridized carbons (Fsp3) is 0.450. The number of nitriles is 1. The molecule has 0 saturated carbocycles. The molecule has 0 aliphatic carbocycles. The largest absolute Gasteiger partial charge is 0.300 e. The molecule has 0 radical (unpaired) electrons. The summed E-state index contributed by atoms with van der Waals surface area (Å²) in [6.07, 6.45) is 1.72. The van der Waals surface area contributed by atoms with Crippen molar-refractivity contribution in [3.05, 3.63) is 47.5 Å². The smallest absolute Gasteiger partial charge is 0.0635 e. The van der Waals surface area contributed by atoms with E-state index >= 15 is 0 Å². The normalized spacial score (nSPS) is 16.5. The fourth-order valence-electron chi connectivity index (χ4n) is 3.49. The van der Waals surface area contributed by atoms with Gasteiger partial charge in [0, 0.05) is 45.7 Å². The number of hydrogen-bond acceptors (Lipinski definition) is 3. The van der Waals surface area contributed by atoms with Crippen LogP contribution in [0.3, 0.4) is 0 Å². The van der Waals surface area contributed by atoms with Crippen molar-refractivity contribution in [3.63, 3.8) is 0 Å². The van der Waals surface area contributed by atoms with Gasteiger partial charge in [0.2, 0.25) is 0 Å². The molecule has 1 heterocycles. The topological polar surface area (TPSA) is 30.3 Å². The van der Waals surface area contributed by atoms with Gasteiger partial charge in [0.1, 0.15) is 0 Å². The van der Waals surface area contributed by atoms with Crippen molar-refractivity contribution in [2.75, 3.05) is 32.7 Å². The highest BCUT2D eigenvalue weighted by Gasteiger charge is 2.17. The average molecular weight is 307 g/mol.